The Morgan fingerprint density at radius 1 is 1.35 bits per heavy atom. The first kappa shape index (κ1) is 16.4. The van der Waals surface area contributed by atoms with Crippen LogP contribution in [-0.2, 0) is 9.53 Å². The highest BCUT2D eigenvalue weighted by molar-refractivity contribution is 5.75. The summed E-state index contributed by atoms with van der Waals surface area (Å²) in [6.07, 6.45) is 0.771. The minimum atomic E-state index is -0.147. The Kier molecular flexibility index (Phi) is 7.39. The minimum absolute atomic E-state index is 0.0237. The quantitative estimate of drug-likeness (QED) is 0.659. The second-order valence-electron chi connectivity index (χ2n) is 5.11. The highest BCUT2D eigenvalue weighted by Gasteiger charge is 2.28. The van der Waals surface area contributed by atoms with E-state index in [2.05, 4.69) is 25.7 Å². The van der Waals surface area contributed by atoms with Gasteiger partial charge in [0, 0.05) is 6.54 Å². The Morgan fingerprint density at radius 2 is 1.94 bits per heavy atom. The van der Waals surface area contributed by atoms with Crippen molar-refractivity contribution in [3.63, 3.8) is 0 Å². The molecule has 0 saturated carbocycles. The molecule has 4 heteroatoms. The van der Waals surface area contributed by atoms with Gasteiger partial charge in [-0.1, -0.05) is 27.7 Å². The Bertz CT molecular complexity index is 229. The van der Waals surface area contributed by atoms with E-state index in [-0.39, 0.29) is 17.4 Å². The van der Waals surface area contributed by atoms with Gasteiger partial charge in [-0.3, -0.25) is 9.69 Å². The SMILES string of the molecule is CCOC(=O)C(CC)N(CC)CC(C)(C)CN. The number of ether oxygens (including phenoxy) is 1. The summed E-state index contributed by atoms with van der Waals surface area (Å²) in [7, 11) is 0. The normalized spacial score (nSPS) is 13.8. The van der Waals surface area contributed by atoms with Crippen molar-refractivity contribution in [1.29, 1.82) is 0 Å². The third kappa shape index (κ3) is 5.50. The van der Waals surface area contributed by atoms with Crippen LogP contribution in [0.3, 0.4) is 0 Å². The molecular weight excluding hydrogens is 216 g/mol. The Morgan fingerprint density at radius 3 is 2.29 bits per heavy atom. The molecule has 0 rings (SSSR count). The number of esters is 1. The first-order valence-electron chi connectivity index (χ1n) is 6.52. The topological polar surface area (TPSA) is 55.6 Å². The van der Waals surface area contributed by atoms with Gasteiger partial charge >= 0.3 is 5.97 Å². The molecule has 102 valence electrons. The fourth-order valence-electron chi connectivity index (χ4n) is 1.87. The molecule has 4 nitrogen and oxygen atoms in total. The predicted molar refractivity (Wildman–Crippen MR) is 70.8 cm³/mol. The van der Waals surface area contributed by atoms with Crippen LogP contribution in [0.5, 0.6) is 0 Å². The smallest absolute Gasteiger partial charge is 0.323 e. The largest absolute Gasteiger partial charge is 0.465 e. The van der Waals surface area contributed by atoms with Crippen LogP contribution in [0, 0.1) is 5.41 Å². The minimum Gasteiger partial charge on any atom is -0.465 e. The Hall–Kier alpha value is -0.610. The van der Waals surface area contributed by atoms with Crippen molar-refractivity contribution >= 4 is 5.97 Å². The molecule has 0 heterocycles. The van der Waals surface area contributed by atoms with Crippen LogP contribution in [-0.4, -0.2) is 43.2 Å². The highest BCUT2D eigenvalue weighted by atomic mass is 16.5. The van der Waals surface area contributed by atoms with E-state index in [0.717, 1.165) is 19.5 Å². The molecule has 17 heavy (non-hydrogen) atoms. The van der Waals surface area contributed by atoms with Gasteiger partial charge in [-0.2, -0.15) is 0 Å². The third-order valence-electron chi connectivity index (χ3n) is 2.98. The molecular formula is C13H28N2O2. The van der Waals surface area contributed by atoms with Crippen LogP contribution < -0.4 is 5.73 Å². The molecule has 0 amide bonds. The summed E-state index contributed by atoms with van der Waals surface area (Å²) in [5.74, 6) is -0.121. The maximum Gasteiger partial charge on any atom is 0.323 e. The molecule has 1 atom stereocenters. The lowest BCUT2D eigenvalue weighted by atomic mass is 9.92. The molecule has 2 N–H and O–H groups in total. The molecule has 0 aromatic carbocycles. The van der Waals surface area contributed by atoms with Crippen LogP contribution in [0.1, 0.15) is 41.0 Å². The van der Waals surface area contributed by atoms with Crippen molar-refractivity contribution in [2.75, 3.05) is 26.2 Å². The third-order valence-corrected chi connectivity index (χ3v) is 2.98. The number of hydrogen-bond donors (Lipinski definition) is 1. The van der Waals surface area contributed by atoms with E-state index in [4.69, 9.17) is 10.5 Å². The molecule has 0 spiro atoms. The number of nitrogens with two attached hydrogens (primary N) is 1. The zero-order valence-electron chi connectivity index (χ0n) is 12.0. The number of carbonyl (C=O) groups excluding carboxylic acids is 1. The molecule has 0 fully saturated rings. The van der Waals surface area contributed by atoms with Gasteiger partial charge in [0.15, 0.2) is 0 Å². The van der Waals surface area contributed by atoms with Gasteiger partial charge in [0.2, 0.25) is 0 Å². The first-order chi connectivity index (χ1) is 7.91. The van der Waals surface area contributed by atoms with E-state index >= 15 is 0 Å². The van der Waals surface area contributed by atoms with Crippen LogP contribution >= 0.6 is 0 Å². The summed E-state index contributed by atoms with van der Waals surface area (Å²) < 4.78 is 5.11. The van der Waals surface area contributed by atoms with Crippen LogP contribution in [0.15, 0.2) is 0 Å². The number of hydrogen-bond acceptors (Lipinski definition) is 4. The zero-order valence-corrected chi connectivity index (χ0v) is 12.0. The van der Waals surface area contributed by atoms with Crippen molar-refractivity contribution in [1.82, 2.24) is 4.90 Å². The lowest BCUT2D eigenvalue weighted by Crippen LogP contribution is -2.47. The summed E-state index contributed by atoms with van der Waals surface area (Å²) in [6.45, 7) is 12.9. The van der Waals surface area contributed by atoms with Gasteiger partial charge < -0.3 is 10.5 Å². The van der Waals surface area contributed by atoms with Crippen LogP contribution in [0.25, 0.3) is 0 Å². The summed E-state index contributed by atoms with van der Waals surface area (Å²) >= 11 is 0. The lowest BCUT2D eigenvalue weighted by molar-refractivity contribution is -0.150. The molecule has 0 bridgehead atoms. The predicted octanol–water partition coefficient (Wildman–Crippen LogP) is 1.63. The fraction of sp³-hybridized carbons (Fsp3) is 0.923. The average Bonchev–Trinajstić information content (AvgIpc) is 2.29. The number of rotatable bonds is 8. The monoisotopic (exact) mass is 244 g/mol. The van der Waals surface area contributed by atoms with Gasteiger partial charge in [0.05, 0.1) is 6.61 Å². The number of nitrogens with zero attached hydrogens (tertiary/aromatic N) is 1. The second-order valence-corrected chi connectivity index (χ2v) is 5.11. The van der Waals surface area contributed by atoms with Gasteiger partial charge in [-0.25, -0.2) is 0 Å². The van der Waals surface area contributed by atoms with E-state index in [0.29, 0.717) is 13.2 Å². The van der Waals surface area contributed by atoms with Gasteiger partial charge in [0.1, 0.15) is 6.04 Å². The second kappa shape index (κ2) is 7.67. The van der Waals surface area contributed by atoms with Gasteiger partial charge in [0.25, 0.3) is 0 Å². The van der Waals surface area contributed by atoms with Crippen molar-refractivity contribution in [2.45, 2.75) is 47.1 Å². The molecule has 0 aliphatic heterocycles. The van der Waals surface area contributed by atoms with E-state index in [1.807, 2.05) is 13.8 Å². The Balaban J connectivity index is 4.64. The molecule has 0 aliphatic carbocycles. The molecule has 0 radical (unpaired) electrons. The molecule has 0 aliphatic rings. The lowest BCUT2D eigenvalue weighted by Gasteiger charge is -2.35. The van der Waals surface area contributed by atoms with Crippen molar-refractivity contribution in [2.24, 2.45) is 11.1 Å². The van der Waals surface area contributed by atoms with E-state index < -0.39 is 0 Å². The van der Waals surface area contributed by atoms with Crippen molar-refractivity contribution in [3.05, 3.63) is 0 Å². The van der Waals surface area contributed by atoms with Crippen molar-refractivity contribution < 1.29 is 9.53 Å². The van der Waals surface area contributed by atoms with Crippen LogP contribution in [0.2, 0.25) is 0 Å². The fourth-order valence-corrected chi connectivity index (χ4v) is 1.87. The number of likely N-dealkylation sites (N-methyl/N-ethyl adjacent to an activating group) is 1. The van der Waals surface area contributed by atoms with Crippen molar-refractivity contribution in [3.8, 4) is 0 Å². The molecule has 0 aromatic heterocycles. The molecule has 0 aromatic rings. The summed E-state index contributed by atoms with van der Waals surface area (Å²) in [4.78, 5) is 14.0. The maximum absolute atomic E-state index is 11.9. The van der Waals surface area contributed by atoms with E-state index in [9.17, 15) is 4.79 Å². The number of carbonyl (C=O) groups is 1. The van der Waals surface area contributed by atoms with Gasteiger partial charge in [-0.15, -0.1) is 0 Å². The summed E-state index contributed by atoms with van der Waals surface area (Å²) in [5, 5.41) is 0. The summed E-state index contributed by atoms with van der Waals surface area (Å²) in [5.41, 5.74) is 5.77. The maximum atomic E-state index is 11.9. The highest BCUT2D eigenvalue weighted by Crippen LogP contribution is 2.18. The zero-order chi connectivity index (χ0) is 13.5. The standard InChI is InChI=1S/C13H28N2O2/c1-6-11(12(16)17-8-3)15(7-2)10-13(4,5)9-14/h11H,6-10,14H2,1-5H3. The Labute approximate surface area is 105 Å². The first-order valence-corrected chi connectivity index (χ1v) is 6.52. The average molecular weight is 244 g/mol. The van der Waals surface area contributed by atoms with E-state index in [1.54, 1.807) is 0 Å². The van der Waals surface area contributed by atoms with E-state index in [1.165, 1.54) is 0 Å². The van der Waals surface area contributed by atoms with Crippen LogP contribution in [0.4, 0.5) is 0 Å². The summed E-state index contributed by atoms with van der Waals surface area (Å²) in [6, 6.07) is -0.147. The molecule has 0 saturated heterocycles. The molecule has 1 unspecified atom stereocenters. The van der Waals surface area contributed by atoms with Gasteiger partial charge in [-0.05, 0) is 31.8 Å².